The van der Waals surface area contributed by atoms with Gasteiger partial charge in [0.25, 0.3) is 5.91 Å². The van der Waals surface area contributed by atoms with Crippen LogP contribution in [0.15, 0.2) is 18.2 Å². The van der Waals surface area contributed by atoms with Crippen LogP contribution in [0.4, 0.5) is 9.18 Å². The van der Waals surface area contributed by atoms with E-state index in [2.05, 4.69) is 5.32 Å². The van der Waals surface area contributed by atoms with Gasteiger partial charge in [0.2, 0.25) is 11.8 Å². The van der Waals surface area contributed by atoms with Gasteiger partial charge >= 0.3 is 6.09 Å². The summed E-state index contributed by atoms with van der Waals surface area (Å²) in [5, 5.41) is 3.24. The van der Waals surface area contributed by atoms with Gasteiger partial charge in [0, 0.05) is 25.4 Å². The highest BCUT2D eigenvalue weighted by molar-refractivity contribution is 6.06. The largest absolute Gasteiger partial charge is 0.433 e. The maximum atomic E-state index is 13.5. The quantitative estimate of drug-likeness (QED) is 0.796. The zero-order chi connectivity index (χ0) is 22.2. The summed E-state index contributed by atoms with van der Waals surface area (Å²) in [5.74, 6) is -2.74. The van der Waals surface area contributed by atoms with Gasteiger partial charge in [-0.05, 0) is 57.0 Å². The summed E-state index contributed by atoms with van der Waals surface area (Å²) in [7, 11) is 1.35. The van der Waals surface area contributed by atoms with Crippen molar-refractivity contribution in [2.45, 2.75) is 38.7 Å². The Morgan fingerprint density at radius 1 is 1.33 bits per heavy atom. The van der Waals surface area contributed by atoms with Crippen molar-refractivity contribution in [3.63, 3.8) is 0 Å². The molecule has 1 aromatic carbocycles. The molecule has 2 unspecified atom stereocenters. The fourth-order valence-electron chi connectivity index (χ4n) is 4.01. The smallest absolute Gasteiger partial charge is 0.418 e. The summed E-state index contributed by atoms with van der Waals surface area (Å²) >= 11 is 0. The Morgan fingerprint density at radius 2 is 2.03 bits per heavy atom. The Balaban J connectivity index is 1.75. The number of likely N-dealkylation sites (N-methyl/N-ethyl adjacent to an activating group) is 1. The molecule has 0 bridgehead atoms. The first kappa shape index (κ1) is 21.9. The summed E-state index contributed by atoms with van der Waals surface area (Å²) in [5.41, 5.74) is 0.256. The number of piperidine rings is 1. The average molecular weight is 419 g/mol. The molecule has 0 saturated carbocycles. The minimum Gasteiger partial charge on any atom is -0.433 e. The molecule has 30 heavy (non-hydrogen) atoms. The Labute approximate surface area is 174 Å². The normalized spacial score (nSPS) is 23.3. The Kier molecular flexibility index (Phi) is 5.94. The van der Waals surface area contributed by atoms with Gasteiger partial charge in [0.15, 0.2) is 5.60 Å². The maximum Gasteiger partial charge on any atom is 0.418 e. The molecular formula is C21H26FN3O5. The molecule has 3 rings (SSSR count). The van der Waals surface area contributed by atoms with Gasteiger partial charge in [-0.1, -0.05) is 6.07 Å². The van der Waals surface area contributed by atoms with Crippen molar-refractivity contribution in [2.24, 2.45) is 5.92 Å². The van der Waals surface area contributed by atoms with Gasteiger partial charge in [-0.3, -0.25) is 19.3 Å². The lowest BCUT2D eigenvalue weighted by atomic mass is 9.79. The van der Waals surface area contributed by atoms with Crippen molar-refractivity contribution in [1.29, 1.82) is 0 Å². The second-order valence-electron chi connectivity index (χ2n) is 8.27. The van der Waals surface area contributed by atoms with E-state index in [9.17, 15) is 23.6 Å². The molecule has 9 heteroatoms. The lowest BCUT2D eigenvalue weighted by Gasteiger charge is -2.34. The number of halogens is 1. The molecule has 4 amide bonds. The Hall–Kier alpha value is -2.81. The zero-order valence-corrected chi connectivity index (χ0v) is 17.5. The van der Waals surface area contributed by atoms with Crippen LogP contribution in [-0.4, -0.2) is 65.9 Å². The molecule has 8 nitrogen and oxygen atoms in total. The van der Waals surface area contributed by atoms with E-state index in [1.165, 1.54) is 33.0 Å². The van der Waals surface area contributed by atoms with Crippen LogP contribution in [0.3, 0.4) is 0 Å². The van der Waals surface area contributed by atoms with Crippen molar-refractivity contribution in [3.8, 4) is 0 Å². The van der Waals surface area contributed by atoms with Crippen molar-refractivity contribution in [3.05, 3.63) is 35.1 Å². The van der Waals surface area contributed by atoms with E-state index in [-0.39, 0.29) is 11.7 Å². The topological polar surface area (TPSA) is 96.0 Å². The van der Waals surface area contributed by atoms with Crippen LogP contribution >= 0.6 is 0 Å². The van der Waals surface area contributed by atoms with E-state index in [1.807, 2.05) is 0 Å². The number of imide groups is 2. The average Bonchev–Trinajstić information content (AvgIpc) is 2.88. The molecule has 2 aliphatic heterocycles. The summed E-state index contributed by atoms with van der Waals surface area (Å²) < 4.78 is 18.5. The zero-order valence-electron chi connectivity index (χ0n) is 17.5. The highest BCUT2D eigenvalue weighted by atomic mass is 19.1. The molecular weight excluding hydrogens is 393 g/mol. The van der Waals surface area contributed by atoms with E-state index in [0.717, 1.165) is 20.9 Å². The van der Waals surface area contributed by atoms with Gasteiger partial charge in [-0.25, -0.2) is 14.1 Å². The second-order valence-corrected chi connectivity index (χ2v) is 8.27. The minimum atomic E-state index is -1.33. The molecule has 1 aromatic rings. The minimum absolute atomic E-state index is 0.223. The molecule has 2 aliphatic rings. The predicted molar refractivity (Wildman–Crippen MR) is 105 cm³/mol. The lowest BCUT2D eigenvalue weighted by Crippen LogP contribution is -2.49. The summed E-state index contributed by atoms with van der Waals surface area (Å²) in [6.45, 7) is 5.25. The molecule has 0 aromatic heterocycles. The van der Waals surface area contributed by atoms with Crippen molar-refractivity contribution in [2.75, 3.05) is 26.7 Å². The maximum absolute atomic E-state index is 13.5. The van der Waals surface area contributed by atoms with Crippen molar-refractivity contribution in [1.82, 2.24) is 15.1 Å². The first-order valence-corrected chi connectivity index (χ1v) is 9.85. The molecule has 0 aliphatic carbocycles. The van der Waals surface area contributed by atoms with E-state index in [1.54, 1.807) is 13.0 Å². The molecule has 2 fully saturated rings. The fourth-order valence-corrected chi connectivity index (χ4v) is 4.01. The summed E-state index contributed by atoms with van der Waals surface area (Å²) in [6, 6.07) is 4.46. The Bertz CT molecular complexity index is 901. The third-order valence-electron chi connectivity index (χ3n) is 5.75. The summed E-state index contributed by atoms with van der Waals surface area (Å²) in [6.07, 6.45) is -0.392. The van der Waals surface area contributed by atoms with Gasteiger partial charge in [0.05, 0.1) is 0 Å². The SMILES string of the molecule is Cc1cc(F)ccc1C1CNCCC1C(=O)N(C)C(=O)CN1C(=O)OC(C)(C)C1=O. The fraction of sp³-hybridized carbons (Fsp3) is 0.524. The van der Waals surface area contributed by atoms with Gasteiger partial charge in [0.1, 0.15) is 12.4 Å². The first-order chi connectivity index (χ1) is 14.0. The van der Waals surface area contributed by atoms with E-state index in [0.29, 0.717) is 19.5 Å². The first-order valence-electron chi connectivity index (χ1n) is 9.85. The van der Waals surface area contributed by atoms with Crippen LogP contribution in [0.2, 0.25) is 0 Å². The molecule has 1 N–H and O–H groups in total. The Morgan fingerprint density at radius 3 is 2.63 bits per heavy atom. The van der Waals surface area contributed by atoms with Gasteiger partial charge in [-0.2, -0.15) is 0 Å². The number of aryl methyl sites for hydroxylation is 1. The van der Waals surface area contributed by atoms with Crippen LogP contribution in [-0.2, 0) is 19.1 Å². The van der Waals surface area contributed by atoms with Crippen molar-refractivity contribution < 1.29 is 28.3 Å². The van der Waals surface area contributed by atoms with Crippen LogP contribution in [0, 0.1) is 18.7 Å². The number of carbonyl (C=O) groups is 4. The van der Waals surface area contributed by atoms with Crippen LogP contribution < -0.4 is 5.32 Å². The predicted octanol–water partition coefficient (Wildman–Crippen LogP) is 1.57. The molecule has 2 saturated heterocycles. The number of rotatable bonds is 4. The van der Waals surface area contributed by atoms with E-state index in [4.69, 9.17) is 4.74 Å². The number of amides is 4. The van der Waals surface area contributed by atoms with Crippen LogP contribution in [0.1, 0.15) is 37.3 Å². The molecule has 162 valence electrons. The van der Waals surface area contributed by atoms with Gasteiger partial charge in [-0.15, -0.1) is 0 Å². The highest BCUT2D eigenvalue weighted by Crippen LogP contribution is 2.33. The van der Waals surface area contributed by atoms with Crippen molar-refractivity contribution >= 4 is 23.8 Å². The molecule has 0 spiro atoms. The number of benzene rings is 1. The third-order valence-corrected chi connectivity index (χ3v) is 5.75. The molecule has 0 radical (unpaired) electrons. The third kappa shape index (κ3) is 4.07. The molecule has 2 heterocycles. The number of hydrogen-bond acceptors (Lipinski definition) is 6. The highest BCUT2D eigenvalue weighted by Gasteiger charge is 2.48. The number of carbonyl (C=O) groups excluding carboxylic acids is 4. The monoisotopic (exact) mass is 419 g/mol. The second kappa shape index (κ2) is 8.14. The number of hydrogen-bond donors (Lipinski definition) is 1. The molecule has 2 atom stereocenters. The van der Waals surface area contributed by atoms with Gasteiger partial charge < -0.3 is 10.1 Å². The lowest BCUT2D eigenvalue weighted by molar-refractivity contribution is -0.149. The van der Waals surface area contributed by atoms with E-state index < -0.39 is 41.9 Å². The summed E-state index contributed by atoms with van der Waals surface area (Å²) in [4.78, 5) is 51.7. The number of ether oxygens (including phenoxy) is 1. The number of nitrogens with zero attached hydrogens (tertiary/aromatic N) is 2. The van der Waals surface area contributed by atoms with Crippen LogP contribution in [0.5, 0.6) is 0 Å². The number of nitrogens with one attached hydrogen (secondary N) is 1. The van der Waals surface area contributed by atoms with E-state index >= 15 is 0 Å². The standard InChI is InChI=1S/C21H26FN3O5/c1-12-9-13(22)5-6-14(12)16-10-23-8-7-15(16)18(27)24(4)17(26)11-25-19(28)21(2,3)30-20(25)29/h5-6,9,15-16,23H,7-8,10-11H2,1-4H3. The van der Waals surface area contributed by atoms with Crippen LogP contribution in [0.25, 0.3) is 0 Å². The number of cyclic esters (lactones) is 1.